The molecule has 0 unspecified atom stereocenters. The Hall–Kier alpha value is -0.0100. The summed E-state index contributed by atoms with van der Waals surface area (Å²) in [6.45, 7) is 2.21. The molecule has 0 amide bonds. The van der Waals surface area contributed by atoms with Gasteiger partial charge >= 0.3 is 0 Å². The lowest BCUT2D eigenvalue weighted by atomic mass is 10.2. The van der Waals surface area contributed by atoms with Gasteiger partial charge in [0.2, 0.25) is 0 Å². The van der Waals surface area contributed by atoms with Gasteiger partial charge in [-0.2, -0.15) is 0 Å². The Labute approximate surface area is 60.6 Å². The molecule has 0 aromatic rings. The molecule has 0 saturated heterocycles. The summed E-state index contributed by atoms with van der Waals surface area (Å²) in [4.78, 5) is 0. The van der Waals surface area contributed by atoms with E-state index in [1.165, 1.54) is 25.7 Å². The van der Waals surface area contributed by atoms with Crippen LogP contribution in [-0.2, 0) is 0 Å². The quantitative estimate of drug-likeness (QED) is 0.319. The van der Waals surface area contributed by atoms with E-state index >= 15 is 0 Å². The van der Waals surface area contributed by atoms with Crippen LogP contribution in [0.25, 0.3) is 0 Å². The second-order valence-electron chi connectivity index (χ2n) is 2.10. The molecular weight excluding hydrogens is 127 g/mol. The van der Waals surface area contributed by atoms with Gasteiger partial charge in [0.25, 0.3) is 0 Å². The number of hydrogen-bond acceptors (Lipinski definition) is 0. The van der Waals surface area contributed by atoms with Crippen molar-refractivity contribution in [3.05, 3.63) is 0 Å². The highest BCUT2D eigenvalue weighted by Gasteiger charge is 1.82. The molecule has 0 fully saturated rings. The van der Waals surface area contributed by atoms with Crippen molar-refractivity contribution in [3.63, 3.8) is 0 Å². The molecule has 0 rings (SSSR count). The van der Waals surface area contributed by atoms with E-state index < -0.39 is 0 Å². The largest absolute Gasteiger partial charge is 0.0979 e. The molecular formula is C8H13P. The lowest BCUT2D eigenvalue weighted by Gasteiger charge is -1.90. The van der Waals surface area contributed by atoms with Gasteiger partial charge in [-0.15, -0.1) is 0 Å². The zero-order valence-electron chi connectivity index (χ0n) is 5.98. The van der Waals surface area contributed by atoms with E-state index in [9.17, 15) is 0 Å². The molecule has 0 N–H and O–H groups in total. The minimum Gasteiger partial charge on any atom is -0.0979 e. The van der Waals surface area contributed by atoms with Gasteiger partial charge in [-0.1, -0.05) is 37.8 Å². The summed E-state index contributed by atoms with van der Waals surface area (Å²) >= 11 is 0. The Kier molecular flexibility index (Phi) is 7.98. The van der Waals surface area contributed by atoms with Gasteiger partial charge in [0, 0.05) is 6.42 Å². The maximum absolute atomic E-state index is 3.78. The minimum absolute atomic E-state index is 1.02. The third kappa shape index (κ3) is 7.99. The van der Waals surface area contributed by atoms with E-state index in [1.54, 1.807) is 0 Å². The van der Waals surface area contributed by atoms with E-state index in [4.69, 9.17) is 0 Å². The number of hydrogen-bond donors (Lipinski definition) is 0. The summed E-state index contributed by atoms with van der Waals surface area (Å²) in [7, 11) is 3.78. The van der Waals surface area contributed by atoms with Crippen molar-refractivity contribution < 1.29 is 0 Å². The molecule has 0 saturated carbocycles. The number of rotatable bonds is 4. The van der Waals surface area contributed by atoms with Crippen molar-refractivity contribution in [1.29, 1.82) is 0 Å². The third-order valence-electron chi connectivity index (χ3n) is 1.23. The summed E-state index contributed by atoms with van der Waals surface area (Å²) in [5, 5.41) is 0. The van der Waals surface area contributed by atoms with E-state index in [0.717, 1.165) is 6.42 Å². The van der Waals surface area contributed by atoms with Crippen LogP contribution >= 0.6 is 9.24 Å². The van der Waals surface area contributed by atoms with Crippen LogP contribution in [0.4, 0.5) is 0 Å². The molecule has 0 aromatic carbocycles. The Bertz CT molecular complexity index is 96.9. The first-order valence-corrected chi connectivity index (χ1v) is 3.98. The van der Waals surface area contributed by atoms with Crippen molar-refractivity contribution in [2.75, 3.05) is 0 Å². The fraction of sp³-hybridized carbons (Fsp3) is 0.750. The molecule has 50 valence electrons. The van der Waals surface area contributed by atoms with E-state index in [0.29, 0.717) is 0 Å². The van der Waals surface area contributed by atoms with Crippen molar-refractivity contribution in [1.82, 2.24) is 0 Å². The zero-order valence-corrected chi connectivity index (χ0v) is 6.88. The minimum atomic E-state index is 1.02. The molecule has 0 spiro atoms. The normalized spacial score (nSPS) is 8.22. The number of unbranched alkanes of at least 4 members (excludes halogenated alkanes) is 4. The average molecular weight is 140 g/mol. The molecule has 0 aromatic heterocycles. The van der Waals surface area contributed by atoms with E-state index in [-0.39, 0.29) is 0 Å². The van der Waals surface area contributed by atoms with Crippen molar-refractivity contribution >= 4 is 9.24 Å². The summed E-state index contributed by atoms with van der Waals surface area (Å²) in [6, 6.07) is 0. The fourth-order valence-corrected chi connectivity index (χ4v) is 0.808. The third-order valence-corrected chi connectivity index (χ3v) is 1.39. The Balaban J connectivity index is 2.80. The fourth-order valence-electron chi connectivity index (χ4n) is 0.696. The van der Waals surface area contributed by atoms with Crippen LogP contribution in [0.1, 0.15) is 39.0 Å². The highest BCUT2D eigenvalue weighted by atomic mass is 31.0. The van der Waals surface area contributed by atoms with Crippen LogP contribution in [0, 0.1) is 11.6 Å². The molecule has 0 nitrogen and oxygen atoms in total. The second kappa shape index (κ2) is 7.99. The first-order valence-electron chi connectivity index (χ1n) is 3.53. The standard InChI is InChI=1S/C8H13P/c1-2-3-4-5-6-7-8-9/h2-6H2,1H3. The molecule has 0 aliphatic rings. The first kappa shape index (κ1) is 8.99. The molecule has 0 aliphatic carbocycles. The van der Waals surface area contributed by atoms with Crippen LogP contribution in [0.2, 0.25) is 0 Å². The van der Waals surface area contributed by atoms with Gasteiger partial charge in [0.1, 0.15) is 0 Å². The van der Waals surface area contributed by atoms with Crippen molar-refractivity contribution in [3.8, 4) is 11.6 Å². The lowest BCUT2D eigenvalue weighted by Crippen LogP contribution is -1.72. The van der Waals surface area contributed by atoms with Crippen molar-refractivity contribution in [2.24, 2.45) is 0 Å². The maximum atomic E-state index is 3.78. The summed E-state index contributed by atoms with van der Waals surface area (Å²) in [6.07, 6.45) is 6.21. The molecule has 0 heterocycles. The topological polar surface area (TPSA) is 0 Å². The van der Waals surface area contributed by atoms with E-state index in [1.807, 2.05) is 0 Å². The van der Waals surface area contributed by atoms with Crippen LogP contribution in [-0.4, -0.2) is 0 Å². The maximum Gasteiger partial charge on any atom is 0.0586 e. The zero-order chi connectivity index (χ0) is 6.95. The van der Waals surface area contributed by atoms with Gasteiger partial charge < -0.3 is 0 Å². The Morgan fingerprint density at radius 2 is 2.00 bits per heavy atom. The van der Waals surface area contributed by atoms with Gasteiger partial charge in [0.05, 0.1) is 9.24 Å². The summed E-state index contributed by atoms with van der Waals surface area (Å²) in [5.74, 6) is 2.92. The molecule has 0 bridgehead atoms. The van der Waals surface area contributed by atoms with Gasteiger partial charge in [-0.25, -0.2) is 0 Å². The predicted octanol–water partition coefficient (Wildman–Crippen LogP) is 3.33. The first-order chi connectivity index (χ1) is 4.41. The predicted molar refractivity (Wildman–Crippen MR) is 43.5 cm³/mol. The van der Waals surface area contributed by atoms with Crippen molar-refractivity contribution in [2.45, 2.75) is 39.0 Å². The van der Waals surface area contributed by atoms with E-state index in [2.05, 4.69) is 27.7 Å². The Morgan fingerprint density at radius 3 is 2.56 bits per heavy atom. The molecule has 2 radical (unpaired) electrons. The van der Waals surface area contributed by atoms with Crippen LogP contribution < -0.4 is 0 Å². The average Bonchev–Trinajstić information content (AvgIpc) is 1.89. The van der Waals surface area contributed by atoms with Crippen LogP contribution in [0.15, 0.2) is 0 Å². The van der Waals surface area contributed by atoms with Gasteiger partial charge in [0.15, 0.2) is 0 Å². The lowest BCUT2D eigenvalue weighted by molar-refractivity contribution is 0.680. The molecule has 1 heteroatoms. The summed E-state index contributed by atoms with van der Waals surface area (Å²) in [5.41, 5.74) is 2.59. The smallest absolute Gasteiger partial charge is 0.0586 e. The second-order valence-corrected chi connectivity index (χ2v) is 2.32. The van der Waals surface area contributed by atoms with Crippen LogP contribution in [0.5, 0.6) is 0 Å². The Morgan fingerprint density at radius 1 is 1.22 bits per heavy atom. The van der Waals surface area contributed by atoms with Gasteiger partial charge in [-0.05, 0) is 6.42 Å². The summed E-state index contributed by atoms with van der Waals surface area (Å²) < 4.78 is 0. The molecule has 0 atom stereocenters. The van der Waals surface area contributed by atoms with Gasteiger partial charge in [-0.3, -0.25) is 0 Å². The molecule has 9 heavy (non-hydrogen) atoms. The monoisotopic (exact) mass is 140 g/mol. The SMILES string of the molecule is CCCCCCC#C[P]. The van der Waals surface area contributed by atoms with Crippen LogP contribution in [0.3, 0.4) is 0 Å². The highest BCUT2D eigenvalue weighted by molar-refractivity contribution is 7.23. The highest BCUT2D eigenvalue weighted by Crippen LogP contribution is 2.00. The molecule has 0 aliphatic heterocycles.